The Labute approximate surface area is 170 Å². The van der Waals surface area contributed by atoms with Crippen LogP contribution in [-0.4, -0.2) is 37.7 Å². The summed E-state index contributed by atoms with van der Waals surface area (Å²) in [7, 11) is -0.472. The van der Waals surface area contributed by atoms with Crippen LogP contribution in [0.3, 0.4) is 0 Å². The highest BCUT2D eigenvalue weighted by atomic mass is 32.2. The summed E-state index contributed by atoms with van der Waals surface area (Å²) in [5.74, 6) is 0.331. The first-order valence-electron chi connectivity index (χ1n) is 8.96. The number of rotatable bonds is 7. The highest BCUT2D eigenvalue weighted by Crippen LogP contribution is 2.23. The van der Waals surface area contributed by atoms with Crippen LogP contribution in [0.15, 0.2) is 65.6 Å². The summed E-state index contributed by atoms with van der Waals surface area (Å²) in [4.78, 5) is 12.3. The number of amides is 1. The Morgan fingerprint density at radius 1 is 1.10 bits per heavy atom. The fraction of sp³-hybridized carbons (Fsp3) is 0.200. The fourth-order valence-electron chi connectivity index (χ4n) is 2.80. The number of para-hydroxylation sites is 1. The molecule has 0 aliphatic heterocycles. The SMILES string of the molecule is Cc1cc(NC(=O)CNc2cccc(S(=O)(=O)N(C)c3ccccc3)c2)n(C)n1. The first-order chi connectivity index (χ1) is 13.8. The van der Waals surface area contributed by atoms with Gasteiger partial charge in [-0.3, -0.25) is 13.8 Å². The Kier molecular flexibility index (Phi) is 5.88. The largest absolute Gasteiger partial charge is 0.376 e. The molecule has 3 rings (SSSR count). The molecule has 0 aliphatic carbocycles. The molecular formula is C20H23N5O3S. The van der Waals surface area contributed by atoms with Gasteiger partial charge in [0.2, 0.25) is 5.91 Å². The zero-order chi connectivity index (χ0) is 21.0. The van der Waals surface area contributed by atoms with Gasteiger partial charge in [-0.1, -0.05) is 24.3 Å². The quantitative estimate of drug-likeness (QED) is 0.621. The molecule has 9 heteroatoms. The maximum atomic E-state index is 12.9. The van der Waals surface area contributed by atoms with Crippen LogP contribution in [0.5, 0.6) is 0 Å². The van der Waals surface area contributed by atoms with Crippen molar-refractivity contribution in [2.75, 3.05) is 28.5 Å². The number of benzene rings is 2. The van der Waals surface area contributed by atoms with Gasteiger partial charge in [-0.2, -0.15) is 5.10 Å². The molecule has 0 saturated heterocycles. The van der Waals surface area contributed by atoms with E-state index in [9.17, 15) is 13.2 Å². The van der Waals surface area contributed by atoms with Crippen molar-refractivity contribution in [3.05, 3.63) is 66.4 Å². The number of hydrogen-bond acceptors (Lipinski definition) is 5. The van der Waals surface area contributed by atoms with Crippen LogP contribution < -0.4 is 14.9 Å². The van der Waals surface area contributed by atoms with E-state index in [1.165, 1.54) is 23.5 Å². The van der Waals surface area contributed by atoms with Crippen molar-refractivity contribution < 1.29 is 13.2 Å². The number of hydrogen-bond donors (Lipinski definition) is 2. The van der Waals surface area contributed by atoms with Crippen molar-refractivity contribution >= 4 is 33.1 Å². The number of sulfonamides is 1. The van der Waals surface area contributed by atoms with E-state index in [0.717, 1.165) is 5.69 Å². The first-order valence-corrected chi connectivity index (χ1v) is 10.4. The van der Waals surface area contributed by atoms with Gasteiger partial charge in [0.05, 0.1) is 22.8 Å². The summed E-state index contributed by atoms with van der Waals surface area (Å²) < 4.78 is 28.6. The Balaban J connectivity index is 1.69. The third kappa shape index (κ3) is 4.75. The standard InChI is InChI=1S/C20H23N5O3S/c1-15-12-19(24(2)23-15)22-20(26)14-21-16-8-7-11-18(13-16)29(27,28)25(3)17-9-5-4-6-10-17/h4-13,21H,14H2,1-3H3,(H,22,26). The molecular weight excluding hydrogens is 390 g/mol. The normalized spacial score (nSPS) is 11.1. The van der Waals surface area contributed by atoms with Crippen molar-refractivity contribution in [2.45, 2.75) is 11.8 Å². The molecule has 1 amide bonds. The molecule has 0 atom stereocenters. The minimum Gasteiger partial charge on any atom is -0.376 e. The molecule has 1 heterocycles. The van der Waals surface area contributed by atoms with Gasteiger partial charge in [0, 0.05) is 25.8 Å². The predicted molar refractivity (Wildman–Crippen MR) is 114 cm³/mol. The van der Waals surface area contributed by atoms with Gasteiger partial charge in [0.1, 0.15) is 5.82 Å². The van der Waals surface area contributed by atoms with E-state index < -0.39 is 10.0 Å². The number of carbonyl (C=O) groups excluding carboxylic acids is 1. The number of carbonyl (C=O) groups is 1. The topological polar surface area (TPSA) is 96.3 Å². The van der Waals surface area contributed by atoms with Crippen LogP contribution in [0, 0.1) is 6.92 Å². The molecule has 1 aromatic heterocycles. The van der Waals surface area contributed by atoms with Gasteiger partial charge in [0.25, 0.3) is 10.0 Å². The Bertz CT molecular complexity index is 1110. The van der Waals surface area contributed by atoms with Crippen LogP contribution in [0.4, 0.5) is 17.2 Å². The first kappa shape index (κ1) is 20.4. The summed E-state index contributed by atoms with van der Waals surface area (Å²) in [6.45, 7) is 1.83. The van der Waals surface area contributed by atoms with E-state index in [4.69, 9.17) is 0 Å². The van der Waals surface area contributed by atoms with E-state index in [0.29, 0.717) is 17.2 Å². The third-order valence-corrected chi connectivity index (χ3v) is 6.12. The van der Waals surface area contributed by atoms with E-state index in [1.807, 2.05) is 13.0 Å². The van der Waals surface area contributed by atoms with Gasteiger partial charge in [-0.05, 0) is 37.3 Å². The maximum absolute atomic E-state index is 12.9. The lowest BCUT2D eigenvalue weighted by Gasteiger charge is -2.20. The van der Waals surface area contributed by atoms with E-state index in [1.54, 1.807) is 54.2 Å². The summed E-state index contributed by atoms with van der Waals surface area (Å²) >= 11 is 0. The van der Waals surface area contributed by atoms with Crippen molar-refractivity contribution in [2.24, 2.45) is 7.05 Å². The summed E-state index contributed by atoms with van der Waals surface area (Å²) in [5.41, 5.74) is 1.90. The second-order valence-corrected chi connectivity index (χ2v) is 8.50. The maximum Gasteiger partial charge on any atom is 0.264 e. The number of nitrogens with one attached hydrogen (secondary N) is 2. The molecule has 0 fully saturated rings. The summed E-state index contributed by atoms with van der Waals surface area (Å²) in [6.07, 6.45) is 0. The average Bonchev–Trinajstić information content (AvgIpc) is 3.03. The second kappa shape index (κ2) is 8.36. The van der Waals surface area contributed by atoms with Crippen LogP contribution in [-0.2, 0) is 21.9 Å². The van der Waals surface area contributed by atoms with Gasteiger partial charge in [-0.15, -0.1) is 0 Å². The molecule has 0 saturated carbocycles. The van der Waals surface area contributed by atoms with Crippen LogP contribution in [0.2, 0.25) is 0 Å². The van der Waals surface area contributed by atoms with Crippen LogP contribution in [0.1, 0.15) is 5.69 Å². The molecule has 8 nitrogen and oxygen atoms in total. The minimum absolute atomic E-state index is 0.0117. The second-order valence-electron chi connectivity index (χ2n) is 6.53. The summed E-state index contributed by atoms with van der Waals surface area (Å²) in [6, 6.07) is 17.0. The number of anilines is 3. The Morgan fingerprint density at radius 2 is 1.83 bits per heavy atom. The van der Waals surface area contributed by atoms with Crippen molar-refractivity contribution in [3.63, 3.8) is 0 Å². The van der Waals surface area contributed by atoms with Crippen LogP contribution in [0.25, 0.3) is 0 Å². The molecule has 0 unspecified atom stereocenters. The van der Waals surface area contributed by atoms with E-state index in [2.05, 4.69) is 15.7 Å². The molecule has 0 bridgehead atoms. The van der Waals surface area contributed by atoms with Crippen molar-refractivity contribution in [1.82, 2.24) is 9.78 Å². The monoisotopic (exact) mass is 413 g/mol. The molecule has 29 heavy (non-hydrogen) atoms. The van der Waals surface area contributed by atoms with E-state index >= 15 is 0 Å². The molecule has 0 radical (unpaired) electrons. The minimum atomic E-state index is -3.72. The highest BCUT2D eigenvalue weighted by molar-refractivity contribution is 7.92. The molecule has 2 N–H and O–H groups in total. The lowest BCUT2D eigenvalue weighted by atomic mass is 10.3. The average molecular weight is 414 g/mol. The molecule has 0 aliphatic rings. The van der Waals surface area contributed by atoms with Crippen molar-refractivity contribution in [1.29, 1.82) is 0 Å². The van der Waals surface area contributed by atoms with Gasteiger partial charge >= 0.3 is 0 Å². The smallest absolute Gasteiger partial charge is 0.264 e. The molecule has 2 aromatic carbocycles. The third-order valence-electron chi connectivity index (χ3n) is 4.33. The summed E-state index contributed by atoms with van der Waals surface area (Å²) in [5, 5.41) is 9.89. The van der Waals surface area contributed by atoms with Gasteiger partial charge in [0.15, 0.2) is 0 Å². The van der Waals surface area contributed by atoms with Crippen LogP contribution >= 0.6 is 0 Å². The van der Waals surface area contributed by atoms with Crippen molar-refractivity contribution in [3.8, 4) is 0 Å². The lowest BCUT2D eigenvalue weighted by Crippen LogP contribution is -2.26. The van der Waals surface area contributed by atoms with Gasteiger partial charge in [-0.25, -0.2) is 8.42 Å². The molecule has 0 spiro atoms. The molecule has 152 valence electrons. The zero-order valence-corrected chi connectivity index (χ0v) is 17.3. The highest BCUT2D eigenvalue weighted by Gasteiger charge is 2.21. The number of aromatic nitrogens is 2. The predicted octanol–water partition coefficient (Wildman–Crippen LogP) is 2.60. The number of aryl methyl sites for hydroxylation is 2. The molecule has 3 aromatic rings. The lowest BCUT2D eigenvalue weighted by molar-refractivity contribution is -0.114. The fourth-order valence-corrected chi connectivity index (χ4v) is 4.04. The Hall–Kier alpha value is -3.33. The Morgan fingerprint density at radius 3 is 2.48 bits per heavy atom. The van der Waals surface area contributed by atoms with Gasteiger partial charge < -0.3 is 10.6 Å². The zero-order valence-electron chi connectivity index (χ0n) is 16.5. The van der Waals surface area contributed by atoms with E-state index in [-0.39, 0.29) is 17.3 Å². The number of nitrogens with zero attached hydrogens (tertiary/aromatic N) is 3.